The number of carboxylic acid groups (broad SMARTS) is 1. The number of unbranched alkanes of at least 4 members (excludes halogenated alkanes) is 1. The Morgan fingerprint density at radius 1 is 1.06 bits per heavy atom. The zero-order chi connectivity index (χ0) is 24.3. The lowest BCUT2D eigenvalue weighted by atomic mass is 10.1. The molecule has 0 radical (unpaired) electrons. The maximum Gasteiger partial charge on any atom is 0.416 e. The molecule has 1 fully saturated rings. The molecule has 10 heteroatoms. The quantitative estimate of drug-likeness (QED) is 0.490. The van der Waals surface area contributed by atoms with Crippen LogP contribution in [0, 0.1) is 0 Å². The molecule has 1 aromatic heterocycles. The Bertz CT molecular complexity index is 1220. The minimum absolute atomic E-state index is 0.0128. The van der Waals surface area contributed by atoms with Crippen LogP contribution in [0.4, 0.5) is 18.3 Å². The van der Waals surface area contributed by atoms with Gasteiger partial charge in [0.15, 0.2) is 5.13 Å². The van der Waals surface area contributed by atoms with Crippen LogP contribution in [0.15, 0.2) is 47.3 Å². The van der Waals surface area contributed by atoms with Crippen LogP contribution >= 0.6 is 11.3 Å². The lowest BCUT2D eigenvalue weighted by Gasteiger charge is -2.35. The van der Waals surface area contributed by atoms with Gasteiger partial charge in [0, 0.05) is 26.2 Å². The van der Waals surface area contributed by atoms with Gasteiger partial charge in [-0.25, -0.2) is 4.79 Å². The van der Waals surface area contributed by atoms with Gasteiger partial charge in [-0.2, -0.15) is 18.2 Å². The van der Waals surface area contributed by atoms with E-state index in [2.05, 4.69) is 22.0 Å². The summed E-state index contributed by atoms with van der Waals surface area (Å²) in [6, 6.07) is 11.6. The van der Waals surface area contributed by atoms with Crippen LogP contribution in [0.5, 0.6) is 0 Å². The third-order valence-corrected chi connectivity index (χ3v) is 7.12. The molecule has 2 heterocycles. The van der Waals surface area contributed by atoms with Crippen LogP contribution < -0.4 is 10.5 Å². The van der Waals surface area contributed by atoms with Gasteiger partial charge in [-0.05, 0) is 43.5 Å². The number of anilines is 1. The maximum absolute atomic E-state index is 13.2. The van der Waals surface area contributed by atoms with Crippen molar-refractivity contribution in [1.29, 1.82) is 0 Å². The Hall–Kier alpha value is -2.98. The molecule has 3 aromatic rings. The Balaban J connectivity index is 1.43. The third-order valence-electron chi connectivity index (χ3n) is 5.94. The minimum atomic E-state index is -4.76. The van der Waals surface area contributed by atoms with Gasteiger partial charge in [-0.3, -0.25) is 9.69 Å². The summed E-state index contributed by atoms with van der Waals surface area (Å²) in [6.45, 7) is 3.72. The van der Waals surface area contributed by atoms with Crippen molar-refractivity contribution in [2.75, 3.05) is 37.6 Å². The smallest absolute Gasteiger partial charge is 0.416 e. The van der Waals surface area contributed by atoms with Crippen molar-refractivity contribution in [1.82, 2.24) is 9.88 Å². The van der Waals surface area contributed by atoms with Gasteiger partial charge in [-0.1, -0.05) is 41.7 Å². The number of fused-ring (bicyclic) bond motifs is 1. The van der Waals surface area contributed by atoms with Crippen LogP contribution in [0.3, 0.4) is 0 Å². The number of aromatic carboxylic acids is 1. The van der Waals surface area contributed by atoms with Gasteiger partial charge in [0.2, 0.25) is 0 Å². The fourth-order valence-electron chi connectivity index (χ4n) is 4.09. The van der Waals surface area contributed by atoms with Gasteiger partial charge in [0.05, 0.1) is 21.2 Å². The molecular weight excluding hydrogens is 467 g/mol. The molecule has 0 unspecified atom stereocenters. The van der Waals surface area contributed by atoms with Crippen LogP contribution in [0.1, 0.15) is 34.3 Å². The van der Waals surface area contributed by atoms with Crippen molar-refractivity contribution in [2.24, 2.45) is 0 Å². The summed E-state index contributed by atoms with van der Waals surface area (Å²) in [5, 5.41) is 9.49. The molecule has 0 bridgehead atoms. The number of nitrogens with zero attached hydrogens (tertiary/aromatic N) is 3. The largest absolute Gasteiger partial charge is 0.478 e. The first-order chi connectivity index (χ1) is 16.2. The fraction of sp³-hybridized carbons (Fsp3) is 0.375. The van der Waals surface area contributed by atoms with E-state index in [4.69, 9.17) is 0 Å². The topological polar surface area (TPSA) is 73.7 Å². The third kappa shape index (κ3) is 5.56. The van der Waals surface area contributed by atoms with Crippen LogP contribution in [0.2, 0.25) is 0 Å². The number of hydrogen-bond donors (Lipinski definition) is 1. The molecular formula is C24H24F3N3O3S. The first-order valence-electron chi connectivity index (χ1n) is 11.0. The zero-order valence-electron chi connectivity index (χ0n) is 18.3. The summed E-state index contributed by atoms with van der Waals surface area (Å²) in [4.78, 5) is 32.4. The van der Waals surface area contributed by atoms with Crippen molar-refractivity contribution >= 4 is 32.5 Å². The molecule has 0 saturated carbocycles. The molecule has 4 rings (SSSR count). The Morgan fingerprint density at radius 2 is 1.76 bits per heavy atom. The summed E-state index contributed by atoms with van der Waals surface area (Å²) in [5.74, 6) is -1.51. The average Bonchev–Trinajstić information content (AvgIpc) is 2.81. The second kappa shape index (κ2) is 10.1. The Labute approximate surface area is 198 Å². The van der Waals surface area contributed by atoms with Crippen molar-refractivity contribution in [2.45, 2.75) is 25.4 Å². The van der Waals surface area contributed by atoms with E-state index in [1.807, 2.05) is 23.1 Å². The first kappa shape index (κ1) is 24.2. The number of benzene rings is 2. The molecule has 0 amide bonds. The SMILES string of the molecule is O=C(O)c1cc(C(F)(F)F)cc2c(=O)nc(N3CCN(CCCCc4ccccc4)CC3)sc12. The predicted molar refractivity (Wildman–Crippen MR) is 126 cm³/mol. The second-order valence-corrected chi connectivity index (χ2v) is 9.25. The minimum Gasteiger partial charge on any atom is -0.478 e. The van der Waals surface area contributed by atoms with Gasteiger partial charge in [-0.15, -0.1) is 0 Å². The van der Waals surface area contributed by atoms with Crippen molar-refractivity contribution in [3.63, 3.8) is 0 Å². The molecule has 0 atom stereocenters. The van der Waals surface area contributed by atoms with Crippen molar-refractivity contribution < 1.29 is 23.1 Å². The molecule has 180 valence electrons. The van der Waals surface area contributed by atoms with Gasteiger partial charge in [0.25, 0.3) is 5.56 Å². The highest BCUT2D eigenvalue weighted by molar-refractivity contribution is 7.22. The normalized spacial score (nSPS) is 15.1. The van der Waals surface area contributed by atoms with Crippen LogP contribution in [0.25, 0.3) is 10.1 Å². The zero-order valence-corrected chi connectivity index (χ0v) is 19.2. The van der Waals surface area contributed by atoms with Gasteiger partial charge in [0.1, 0.15) is 0 Å². The lowest BCUT2D eigenvalue weighted by Crippen LogP contribution is -2.47. The first-order valence-corrected chi connectivity index (χ1v) is 11.8. The van der Waals surface area contributed by atoms with E-state index < -0.39 is 28.8 Å². The average molecular weight is 492 g/mol. The molecule has 1 aliphatic rings. The number of carbonyl (C=O) groups is 1. The van der Waals surface area contributed by atoms with Crippen molar-refractivity contribution in [3.8, 4) is 0 Å². The van der Waals surface area contributed by atoms with Gasteiger partial charge < -0.3 is 10.0 Å². The molecule has 0 aliphatic carbocycles. The van der Waals surface area contributed by atoms with Crippen LogP contribution in [-0.2, 0) is 12.6 Å². The fourth-order valence-corrected chi connectivity index (χ4v) is 5.22. The number of aromatic nitrogens is 1. The Kier molecular flexibility index (Phi) is 7.18. The summed E-state index contributed by atoms with van der Waals surface area (Å²) in [6.07, 6.45) is -1.56. The molecule has 1 aliphatic heterocycles. The maximum atomic E-state index is 13.2. The summed E-state index contributed by atoms with van der Waals surface area (Å²) >= 11 is 0.950. The molecule has 0 spiro atoms. The number of carboxylic acids is 1. The highest BCUT2D eigenvalue weighted by Gasteiger charge is 2.33. The van der Waals surface area contributed by atoms with Gasteiger partial charge >= 0.3 is 12.1 Å². The standard InChI is InChI=1S/C24H24F3N3O3S/c25-24(26,27)17-14-18-20(19(15-17)22(32)33)34-23(28-21(18)31)30-12-10-29(11-13-30)9-5-4-8-16-6-2-1-3-7-16/h1-3,6-7,14-15H,4-5,8-13H2,(H,32,33). The van der Waals surface area contributed by atoms with E-state index in [9.17, 15) is 27.9 Å². The monoisotopic (exact) mass is 491 g/mol. The number of halogens is 3. The van der Waals surface area contributed by atoms with E-state index in [-0.39, 0.29) is 10.1 Å². The Morgan fingerprint density at radius 3 is 2.41 bits per heavy atom. The van der Waals surface area contributed by atoms with E-state index in [1.165, 1.54) is 5.56 Å². The molecule has 6 nitrogen and oxygen atoms in total. The number of alkyl halides is 3. The highest BCUT2D eigenvalue weighted by Crippen LogP contribution is 2.35. The lowest BCUT2D eigenvalue weighted by molar-refractivity contribution is -0.137. The predicted octanol–water partition coefficient (Wildman–Crippen LogP) is 4.52. The second-order valence-electron chi connectivity index (χ2n) is 8.28. The highest BCUT2D eigenvalue weighted by atomic mass is 32.1. The summed E-state index contributed by atoms with van der Waals surface area (Å²) < 4.78 is 39.5. The summed E-state index contributed by atoms with van der Waals surface area (Å²) in [7, 11) is 0. The van der Waals surface area contributed by atoms with E-state index in [1.54, 1.807) is 0 Å². The number of aryl methyl sites for hydroxylation is 1. The number of rotatable bonds is 7. The molecule has 1 saturated heterocycles. The van der Waals surface area contributed by atoms with Crippen LogP contribution in [-0.4, -0.2) is 53.7 Å². The summed E-state index contributed by atoms with van der Waals surface area (Å²) in [5.41, 5.74) is -1.22. The molecule has 2 aromatic carbocycles. The molecule has 34 heavy (non-hydrogen) atoms. The van der Waals surface area contributed by atoms with E-state index in [0.29, 0.717) is 30.4 Å². The van der Waals surface area contributed by atoms with E-state index >= 15 is 0 Å². The number of hydrogen-bond acceptors (Lipinski definition) is 6. The molecule has 1 N–H and O–H groups in total. The van der Waals surface area contributed by atoms with Crippen molar-refractivity contribution in [3.05, 3.63) is 69.5 Å². The number of piperazine rings is 1. The van der Waals surface area contributed by atoms with E-state index in [0.717, 1.165) is 50.2 Å².